The second-order valence-electron chi connectivity index (χ2n) is 8.98. The van der Waals surface area contributed by atoms with E-state index in [4.69, 9.17) is 14.5 Å². The van der Waals surface area contributed by atoms with E-state index < -0.39 is 0 Å². The highest BCUT2D eigenvalue weighted by atomic mass is 32.9. The minimum atomic E-state index is -0.174. The van der Waals surface area contributed by atoms with Crippen LogP contribution in [0.3, 0.4) is 0 Å². The van der Waals surface area contributed by atoms with Gasteiger partial charge in [-0.25, -0.2) is 4.99 Å². The lowest BCUT2D eigenvalue weighted by atomic mass is 9.86. The summed E-state index contributed by atoms with van der Waals surface area (Å²) in [6.45, 7) is 7.64. The van der Waals surface area contributed by atoms with Gasteiger partial charge >= 0.3 is 0 Å². The van der Waals surface area contributed by atoms with Crippen LogP contribution in [0.15, 0.2) is 71.7 Å². The Bertz CT molecular complexity index is 1400. The third-order valence-corrected chi connectivity index (χ3v) is 9.01. The second kappa shape index (κ2) is 8.93. The number of hydrogen-bond donors (Lipinski definition) is 0. The predicted molar refractivity (Wildman–Crippen MR) is 143 cm³/mol. The van der Waals surface area contributed by atoms with E-state index in [0.29, 0.717) is 5.75 Å². The smallest absolute Gasteiger partial charge is 0.148 e. The van der Waals surface area contributed by atoms with Gasteiger partial charge < -0.3 is 14.4 Å². The van der Waals surface area contributed by atoms with Crippen LogP contribution in [0.4, 0.5) is 11.4 Å². The summed E-state index contributed by atoms with van der Waals surface area (Å²) in [5.41, 5.74) is 6.91. The quantitative estimate of drug-likeness (QED) is 0.277. The molecule has 1 aliphatic rings. The maximum absolute atomic E-state index is 5.62. The van der Waals surface area contributed by atoms with Gasteiger partial charge in [0.1, 0.15) is 21.9 Å². The molecule has 0 saturated carbocycles. The molecule has 0 N–H and O–H groups in total. The first-order chi connectivity index (χ1) is 16.4. The Morgan fingerprint density at radius 1 is 0.912 bits per heavy atom. The lowest BCUT2D eigenvalue weighted by Gasteiger charge is -2.44. The van der Waals surface area contributed by atoms with Crippen molar-refractivity contribution in [2.75, 3.05) is 19.1 Å². The van der Waals surface area contributed by atoms with Gasteiger partial charge in [-0.05, 0) is 50.6 Å². The maximum atomic E-state index is 5.62. The summed E-state index contributed by atoms with van der Waals surface area (Å²) in [5, 5.41) is 0. The number of anilines is 1. The Hall–Kier alpha value is -3.09. The summed E-state index contributed by atoms with van der Waals surface area (Å²) in [7, 11) is 6.88. The molecule has 1 aliphatic heterocycles. The van der Waals surface area contributed by atoms with Crippen LogP contribution in [0.1, 0.15) is 29.9 Å². The molecule has 2 heterocycles. The van der Waals surface area contributed by atoms with Gasteiger partial charge in [0.25, 0.3) is 0 Å². The van der Waals surface area contributed by atoms with Crippen LogP contribution in [-0.4, -0.2) is 14.2 Å². The molecule has 0 atom stereocenters. The molecule has 34 heavy (non-hydrogen) atoms. The van der Waals surface area contributed by atoms with Crippen molar-refractivity contribution in [3.05, 3.63) is 87.4 Å². The maximum Gasteiger partial charge on any atom is 0.148 e. The number of hydrogen-bond acceptors (Lipinski definition) is 6. The van der Waals surface area contributed by atoms with Crippen LogP contribution in [0.2, 0.25) is 0 Å². The molecule has 1 aromatic heterocycles. The molecule has 3 aromatic carbocycles. The summed E-state index contributed by atoms with van der Waals surface area (Å²) in [4.78, 5) is 8.97. The normalized spacial score (nSPS) is 14.5. The summed E-state index contributed by atoms with van der Waals surface area (Å²) in [5.74, 6) is 1.46. The minimum absolute atomic E-state index is 0.174. The number of nitrogens with zero attached hydrogens (tertiary/aromatic N) is 2. The zero-order valence-electron chi connectivity index (χ0n) is 20.1. The van der Waals surface area contributed by atoms with E-state index in [1.807, 2.05) is 28.5 Å². The molecule has 5 rings (SSSR count). The van der Waals surface area contributed by atoms with Gasteiger partial charge in [-0.2, -0.15) is 0 Å². The SMILES string of the molecule is COc1ccc(N=c2ssc3c2-c2cc(C)ccc2N(Cc2ccccc2)C3(C)C)c(OC)c1. The van der Waals surface area contributed by atoms with Crippen LogP contribution >= 0.6 is 20.7 Å². The Morgan fingerprint density at radius 2 is 1.71 bits per heavy atom. The van der Waals surface area contributed by atoms with E-state index in [9.17, 15) is 0 Å². The van der Waals surface area contributed by atoms with Crippen LogP contribution < -0.4 is 19.0 Å². The highest BCUT2D eigenvalue weighted by Gasteiger charge is 2.40. The van der Waals surface area contributed by atoms with Crippen LogP contribution in [-0.2, 0) is 12.1 Å². The first-order valence-electron chi connectivity index (χ1n) is 11.3. The van der Waals surface area contributed by atoms with Crippen LogP contribution in [0.5, 0.6) is 11.5 Å². The summed E-state index contributed by atoms with van der Waals surface area (Å²) >= 11 is 0. The number of fused-ring (bicyclic) bond motifs is 3. The molecule has 0 saturated heterocycles. The first kappa shape index (κ1) is 22.7. The van der Waals surface area contributed by atoms with Crippen LogP contribution in [0.25, 0.3) is 11.1 Å². The van der Waals surface area contributed by atoms with E-state index in [0.717, 1.165) is 22.7 Å². The van der Waals surface area contributed by atoms with Gasteiger partial charge in [0, 0.05) is 29.4 Å². The predicted octanol–water partition coefficient (Wildman–Crippen LogP) is 7.29. The molecule has 6 heteroatoms. The molecule has 0 unspecified atom stereocenters. The topological polar surface area (TPSA) is 34.1 Å². The Balaban J connectivity index is 1.70. The fourth-order valence-electron chi connectivity index (χ4n) is 4.53. The monoisotopic (exact) mass is 488 g/mol. The molecular formula is C28H28N2O2S2. The Morgan fingerprint density at radius 3 is 2.44 bits per heavy atom. The average Bonchev–Trinajstić information content (AvgIpc) is 3.27. The van der Waals surface area contributed by atoms with Crippen molar-refractivity contribution in [1.82, 2.24) is 0 Å². The van der Waals surface area contributed by atoms with E-state index in [1.165, 1.54) is 32.8 Å². The number of benzene rings is 3. The van der Waals surface area contributed by atoms with E-state index >= 15 is 0 Å². The van der Waals surface area contributed by atoms with Gasteiger partial charge in [-0.1, -0.05) is 62.6 Å². The van der Waals surface area contributed by atoms with Crippen LogP contribution in [0, 0.1) is 6.92 Å². The molecule has 0 aliphatic carbocycles. The second-order valence-corrected chi connectivity index (χ2v) is 11.1. The van der Waals surface area contributed by atoms with Crippen molar-refractivity contribution in [2.24, 2.45) is 4.99 Å². The van der Waals surface area contributed by atoms with Crippen molar-refractivity contribution in [1.29, 1.82) is 0 Å². The van der Waals surface area contributed by atoms with Crippen molar-refractivity contribution < 1.29 is 9.47 Å². The summed E-state index contributed by atoms with van der Waals surface area (Å²) in [6, 6.07) is 23.2. The molecule has 4 aromatic rings. The Kier molecular flexibility index (Phi) is 5.96. The van der Waals surface area contributed by atoms with Gasteiger partial charge in [-0.3, -0.25) is 0 Å². The highest BCUT2D eigenvalue weighted by molar-refractivity contribution is 7.68. The number of aryl methyl sites for hydroxylation is 1. The van der Waals surface area contributed by atoms with Crippen molar-refractivity contribution in [3.8, 4) is 22.6 Å². The molecule has 0 amide bonds. The number of rotatable bonds is 5. The average molecular weight is 489 g/mol. The minimum Gasteiger partial charge on any atom is -0.497 e. The summed E-state index contributed by atoms with van der Waals surface area (Å²) in [6.07, 6.45) is 0. The molecule has 0 fully saturated rings. The van der Waals surface area contributed by atoms with E-state index in [1.54, 1.807) is 24.6 Å². The van der Waals surface area contributed by atoms with Gasteiger partial charge in [-0.15, -0.1) is 0 Å². The third-order valence-electron chi connectivity index (χ3n) is 6.38. The standard InChI is InChI=1S/C28H28N2O2S2/c1-18-11-14-23-21(15-18)25-26(28(2,3)30(23)17-19-9-7-6-8-10-19)33-34-27(25)29-22-13-12-20(31-4)16-24(22)32-5/h6-16H,17H2,1-5H3. The number of methoxy groups -OCH3 is 2. The largest absolute Gasteiger partial charge is 0.497 e. The molecule has 174 valence electrons. The van der Waals surface area contributed by atoms with E-state index in [-0.39, 0.29) is 5.54 Å². The van der Waals surface area contributed by atoms with Gasteiger partial charge in [0.2, 0.25) is 0 Å². The van der Waals surface area contributed by atoms with Crippen molar-refractivity contribution in [2.45, 2.75) is 32.9 Å². The molecule has 0 spiro atoms. The lowest BCUT2D eigenvalue weighted by Crippen LogP contribution is -2.43. The molecule has 0 bridgehead atoms. The van der Waals surface area contributed by atoms with Gasteiger partial charge in [0.15, 0.2) is 0 Å². The first-order valence-corrected chi connectivity index (χ1v) is 13.4. The number of ether oxygens (including phenoxy) is 2. The summed E-state index contributed by atoms with van der Waals surface area (Å²) < 4.78 is 12.0. The molecular weight excluding hydrogens is 460 g/mol. The lowest BCUT2D eigenvalue weighted by molar-refractivity contribution is 0.395. The Labute approximate surface area is 208 Å². The highest BCUT2D eigenvalue weighted by Crippen LogP contribution is 2.50. The van der Waals surface area contributed by atoms with Gasteiger partial charge in [0.05, 0.1) is 24.6 Å². The molecule has 0 radical (unpaired) electrons. The fraction of sp³-hybridized carbons (Fsp3) is 0.250. The van der Waals surface area contributed by atoms with Crippen molar-refractivity contribution in [3.63, 3.8) is 0 Å². The van der Waals surface area contributed by atoms with E-state index in [2.05, 4.69) is 74.2 Å². The zero-order chi connectivity index (χ0) is 23.9. The molecule has 4 nitrogen and oxygen atoms in total. The fourth-order valence-corrected chi connectivity index (χ4v) is 7.50. The zero-order valence-corrected chi connectivity index (χ0v) is 21.7. The van der Waals surface area contributed by atoms with Crippen molar-refractivity contribution >= 4 is 32.1 Å². The third kappa shape index (κ3) is 3.91.